The molecule has 290 valence electrons. The summed E-state index contributed by atoms with van der Waals surface area (Å²) < 4.78 is 324. The van der Waals surface area contributed by atoms with Crippen molar-refractivity contribution in [2.24, 2.45) is 0 Å². The summed E-state index contributed by atoms with van der Waals surface area (Å²) in [7, 11) is 0.500. The van der Waals surface area contributed by atoms with Gasteiger partial charge in [-0.05, 0) is 0 Å². The molecule has 0 aromatic heterocycles. The summed E-state index contributed by atoms with van der Waals surface area (Å²) in [4.78, 5) is 0. The molecular formula is C18H11F27O3. The van der Waals surface area contributed by atoms with Gasteiger partial charge in [0.2, 0.25) is 0 Å². The molecule has 30 heteroatoms. The van der Waals surface area contributed by atoms with Crippen molar-refractivity contribution in [1.82, 2.24) is 0 Å². The number of hydrogen-bond donors (Lipinski definition) is 0. The summed E-state index contributed by atoms with van der Waals surface area (Å²) in [6, 6.07) is -9.84. The third-order valence-corrected chi connectivity index (χ3v) is 3.52. The molecule has 0 aromatic carbocycles. The normalized spacial score (nSPS) is 12.9. The lowest BCUT2D eigenvalue weighted by Crippen LogP contribution is -2.56. The number of hydrogen-bond acceptors (Lipinski definition) is 3. The molecule has 0 aliphatic carbocycles. The summed E-state index contributed by atoms with van der Waals surface area (Å²) in [5, 5.41) is 0. The zero-order chi connectivity index (χ0) is 40.3. The molecule has 0 amide bonds. The highest BCUT2D eigenvalue weighted by Gasteiger charge is 2.75. The number of rotatable bonds is 12. The van der Waals surface area contributed by atoms with E-state index in [-0.39, 0.29) is 6.92 Å². The predicted molar refractivity (Wildman–Crippen MR) is 98.2 cm³/mol. The highest BCUT2D eigenvalue weighted by Crippen LogP contribution is 2.48. The van der Waals surface area contributed by atoms with E-state index in [9.17, 15) is 119 Å². The fourth-order valence-electron chi connectivity index (χ4n) is 1.22. The molecular weight excluding hydrogens is 777 g/mol. The first kappa shape index (κ1) is 51.6. The third-order valence-electron chi connectivity index (χ3n) is 3.52. The minimum atomic E-state index is -6.51. The van der Waals surface area contributed by atoms with Crippen LogP contribution in [0, 0.1) is 0 Å². The Balaban J connectivity index is -0.000000297. The van der Waals surface area contributed by atoms with Crippen molar-refractivity contribution in [3.05, 3.63) is 36.3 Å². The lowest BCUT2D eigenvalue weighted by molar-refractivity contribution is -0.394. The molecule has 0 saturated carbocycles. The van der Waals surface area contributed by atoms with Crippen molar-refractivity contribution in [2.75, 3.05) is 13.9 Å². The molecule has 0 radical (unpaired) electrons. The van der Waals surface area contributed by atoms with Crippen molar-refractivity contribution in [3.8, 4) is 0 Å². The topological polar surface area (TPSA) is 27.7 Å². The van der Waals surface area contributed by atoms with Crippen LogP contribution in [0.4, 0.5) is 119 Å². The standard InChI is InChI=1S/C6H2F10O.C6H3F9O.C5H3F7O.CH3F/c7-1-4(11,12)5(13,14)6(15,16)17-3(10)2(8)9;1-4(10,11)5(12,13)6(14,15)16-3(9)2(7)8;1-4(9,10)5(11,12)13-3(8)2(6)7;1-2/h1H2;1H3;1H3;1H3. The molecule has 0 heterocycles. The molecule has 0 atom stereocenters. The van der Waals surface area contributed by atoms with Gasteiger partial charge in [-0.3, -0.25) is 4.39 Å². The number of halogens is 27. The highest BCUT2D eigenvalue weighted by atomic mass is 19.4. The van der Waals surface area contributed by atoms with Crippen molar-refractivity contribution in [3.63, 3.8) is 0 Å². The third kappa shape index (κ3) is 14.5. The second-order valence-electron chi connectivity index (χ2n) is 7.22. The maximum absolute atomic E-state index is 12.3. The van der Waals surface area contributed by atoms with Crippen LogP contribution in [0.15, 0.2) is 36.3 Å². The van der Waals surface area contributed by atoms with E-state index in [0.29, 0.717) is 7.18 Å². The molecule has 0 aliphatic heterocycles. The highest BCUT2D eigenvalue weighted by molar-refractivity contribution is 4.95. The lowest BCUT2D eigenvalue weighted by atomic mass is 10.2. The fourth-order valence-corrected chi connectivity index (χ4v) is 1.22. The van der Waals surface area contributed by atoms with E-state index in [1.165, 1.54) is 0 Å². The molecule has 0 spiro atoms. The Kier molecular flexibility index (Phi) is 19.3. The van der Waals surface area contributed by atoms with Crippen LogP contribution in [-0.2, 0) is 14.2 Å². The van der Waals surface area contributed by atoms with Gasteiger partial charge in [0.1, 0.15) is 0 Å². The Morgan fingerprint density at radius 2 is 0.625 bits per heavy atom. The van der Waals surface area contributed by atoms with E-state index >= 15 is 0 Å². The molecule has 0 fully saturated rings. The van der Waals surface area contributed by atoms with Gasteiger partial charge in [0.15, 0.2) is 6.67 Å². The first-order valence-corrected chi connectivity index (χ1v) is 9.95. The van der Waals surface area contributed by atoms with E-state index in [1.807, 2.05) is 0 Å². The molecule has 0 aromatic rings. The van der Waals surface area contributed by atoms with E-state index in [1.54, 1.807) is 0 Å². The molecule has 0 saturated heterocycles. The summed E-state index contributed by atoms with van der Waals surface area (Å²) >= 11 is 0. The van der Waals surface area contributed by atoms with E-state index in [4.69, 9.17) is 0 Å². The summed E-state index contributed by atoms with van der Waals surface area (Å²) in [6.07, 6.45) is -28.0. The van der Waals surface area contributed by atoms with Gasteiger partial charge in [0.25, 0.3) is 0 Å². The second kappa shape index (κ2) is 17.9. The Morgan fingerprint density at radius 1 is 0.396 bits per heavy atom. The van der Waals surface area contributed by atoms with Crippen LogP contribution >= 0.6 is 0 Å². The largest absolute Gasteiger partial charge is 0.472 e. The van der Waals surface area contributed by atoms with E-state index < -0.39 is 97.8 Å². The average Bonchev–Trinajstić information content (AvgIpc) is 2.88. The quantitative estimate of drug-likeness (QED) is 0.146. The van der Waals surface area contributed by atoms with Gasteiger partial charge in [-0.2, -0.15) is 110 Å². The Hall–Kier alpha value is -3.27. The second-order valence-corrected chi connectivity index (χ2v) is 7.22. The van der Waals surface area contributed by atoms with Crippen molar-refractivity contribution >= 4 is 0 Å². The zero-order valence-corrected chi connectivity index (χ0v) is 22.1. The Morgan fingerprint density at radius 3 is 0.812 bits per heavy atom. The van der Waals surface area contributed by atoms with E-state index in [0.717, 1.165) is 0 Å². The zero-order valence-electron chi connectivity index (χ0n) is 22.1. The van der Waals surface area contributed by atoms with Crippen LogP contribution in [0.5, 0.6) is 0 Å². The van der Waals surface area contributed by atoms with Gasteiger partial charge in [-0.1, -0.05) is 0 Å². The minimum Gasteiger partial charge on any atom is -0.398 e. The minimum absolute atomic E-state index is 0.295. The maximum atomic E-state index is 12.3. The molecule has 3 nitrogen and oxygen atoms in total. The van der Waals surface area contributed by atoms with Crippen molar-refractivity contribution in [2.45, 2.75) is 61.8 Å². The van der Waals surface area contributed by atoms with Crippen LogP contribution in [0.25, 0.3) is 0 Å². The van der Waals surface area contributed by atoms with Gasteiger partial charge < -0.3 is 14.2 Å². The summed E-state index contributed by atoms with van der Waals surface area (Å²) in [6.45, 7) is -4.11. The summed E-state index contributed by atoms with van der Waals surface area (Å²) in [5.41, 5.74) is 0. The molecule has 0 aliphatic rings. The van der Waals surface area contributed by atoms with Gasteiger partial charge >= 0.3 is 84.2 Å². The van der Waals surface area contributed by atoms with Crippen LogP contribution in [0.3, 0.4) is 0 Å². The van der Waals surface area contributed by atoms with Crippen molar-refractivity contribution < 1.29 is 133 Å². The molecule has 0 unspecified atom stereocenters. The monoisotopic (exact) mass is 788 g/mol. The lowest BCUT2D eigenvalue weighted by Gasteiger charge is -2.29. The SMILES string of the molecule is CC(F)(F)C(F)(F)C(F)(F)OC(F)=C(F)F.CC(F)(F)C(F)(F)OC(F)=C(F)F.CF.FCC(F)(F)C(F)(F)C(F)(F)OC(F)=C(F)F. The average molecular weight is 788 g/mol. The van der Waals surface area contributed by atoms with Crippen LogP contribution < -0.4 is 0 Å². The fraction of sp³-hybridized carbons (Fsp3) is 0.667. The van der Waals surface area contributed by atoms with E-state index in [2.05, 4.69) is 14.2 Å². The van der Waals surface area contributed by atoms with Gasteiger partial charge in [-0.25, -0.2) is 4.39 Å². The van der Waals surface area contributed by atoms with Gasteiger partial charge in [0, 0.05) is 13.8 Å². The number of ether oxygens (including phenoxy) is 3. The Labute approximate surface area is 246 Å². The maximum Gasteiger partial charge on any atom is 0.472 e. The van der Waals surface area contributed by atoms with Crippen LogP contribution in [0.2, 0.25) is 0 Å². The molecule has 48 heavy (non-hydrogen) atoms. The van der Waals surface area contributed by atoms with Crippen molar-refractivity contribution in [1.29, 1.82) is 0 Å². The first-order chi connectivity index (χ1) is 20.8. The van der Waals surface area contributed by atoms with Crippen LogP contribution in [-0.4, -0.2) is 61.8 Å². The smallest absolute Gasteiger partial charge is 0.398 e. The summed E-state index contributed by atoms with van der Waals surface area (Å²) in [5.74, 6) is -28.6. The van der Waals surface area contributed by atoms with Crippen LogP contribution in [0.1, 0.15) is 13.8 Å². The van der Waals surface area contributed by atoms with Gasteiger partial charge in [0.05, 0.1) is 7.18 Å². The molecule has 0 N–H and O–H groups in total. The first-order valence-electron chi connectivity index (χ1n) is 9.95. The Bertz CT molecular complexity index is 1070. The van der Waals surface area contributed by atoms with Gasteiger partial charge in [-0.15, -0.1) is 0 Å². The number of alkyl halides is 18. The molecule has 0 bridgehead atoms. The predicted octanol–water partition coefficient (Wildman–Crippen LogP) is 11.7. The molecule has 0 rings (SSSR count).